The minimum atomic E-state index is -0.508. The Morgan fingerprint density at radius 1 is 1.36 bits per heavy atom. The Morgan fingerprint density at radius 3 is 2.59 bits per heavy atom. The summed E-state index contributed by atoms with van der Waals surface area (Å²) in [5, 5.41) is 1.46. The number of nitrogens with zero attached hydrogens (tertiary/aromatic N) is 2. The number of fused-ring (bicyclic) bond motifs is 1. The van der Waals surface area contributed by atoms with Gasteiger partial charge in [-0.1, -0.05) is 18.2 Å². The summed E-state index contributed by atoms with van der Waals surface area (Å²) in [6.45, 7) is 2.79. The van der Waals surface area contributed by atoms with E-state index >= 15 is 0 Å². The molecule has 0 fully saturated rings. The van der Waals surface area contributed by atoms with Gasteiger partial charge in [0.05, 0.1) is 12.6 Å². The predicted octanol–water partition coefficient (Wildman–Crippen LogP) is 1.72. The molecule has 0 aliphatic carbocycles. The van der Waals surface area contributed by atoms with E-state index in [4.69, 9.17) is 10.5 Å². The summed E-state index contributed by atoms with van der Waals surface area (Å²) in [5.41, 5.74) is 6.18. The van der Waals surface area contributed by atoms with E-state index in [2.05, 4.69) is 0 Å². The zero-order valence-corrected chi connectivity index (χ0v) is 13.1. The zero-order valence-electron chi connectivity index (χ0n) is 13.1. The topological polar surface area (TPSA) is 77.6 Å². The van der Waals surface area contributed by atoms with E-state index in [1.807, 2.05) is 25.1 Å². The second-order valence-electron chi connectivity index (χ2n) is 5.25. The lowest BCUT2D eigenvalue weighted by Gasteiger charge is -2.25. The maximum atomic E-state index is 12.5. The van der Waals surface area contributed by atoms with Crippen molar-refractivity contribution in [3.05, 3.63) is 46.4 Å². The Morgan fingerprint density at radius 2 is 2.00 bits per heavy atom. The van der Waals surface area contributed by atoms with E-state index in [0.29, 0.717) is 18.5 Å². The average Bonchev–Trinajstić information content (AvgIpc) is 2.53. The second kappa shape index (κ2) is 6.62. The molecule has 0 aliphatic heterocycles. The smallest absolute Gasteiger partial charge is 0.315 e. The largest absolute Gasteiger partial charge is 0.383 e. The van der Waals surface area contributed by atoms with Gasteiger partial charge in [0.1, 0.15) is 0 Å². The van der Waals surface area contributed by atoms with Crippen molar-refractivity contribution in [2.45, 2.75) is 19.5 Å². The van der Waals surface area contributed by atoms with Crippen LogP contribution in [0.25, 0.3) is 10.8 Å². The normalized spacial score (nSPS) is 12.3. The van der Waals surface area contributed by atoms with Gasteiger partial charge < -0.3 is 19.9 Å². The molecule has 118 valence electrons. The SMILES string of the molecule is COCCn1cc(C(C)N(C)C(N)=O)c2ccccc2c1=O. The molecule has 0 aliphatic rings. The molecule has 1 unspecified atom stereocenters. The molecule has 1 heterocycles. The maximum absolute atomic E-state index is 12.5. The van der Waals surface area contributed by atoms with E-state index < -0.39 is 6.03 Å². The lowest BCUT2D eigenvalue weighted by Crippen LogP contribution is -2.35. The van der Waals surface area contributed by atoms with Crippen LogP contribution in [0.5, 0.6) is 0 Å². The molecule has 1 aromatic carbocycles. The summed E-state index contributed by atoms with van der Waals surface area (Å²) in [4.78, 5) is 25.4. The molecule has 0 saturated heterocycles. The van der Waals surface area contributed by atoms with Crippen LogP contribution < -0.4 is 11.3 Å². The van der Waals surface area contributed by atoms with Gasteiger partial charge in [-0.15, -0.1) is 0 Å². The number of methoxy groups -OCH3 is 1. The van der Waals surface area contributed by atoms with Gasteiger partial charge in [-0.25, -0.2) is 4.79 Å². The van der Waals surface area contributed by atoms with Crippen molar-refractivity contribution in [2.75, 3.05) is 20.8 Å². The summed E-state index contributed by atoms with van der Waals surface area (Å²) < 4.78 is 6.67. The Bertz CT molecular complexity index is 739. The fraction of sp³-hybridized carbons (Fsp3) is 0.375. The number of urea groups is 1. The molecule has 6 heteroatoms. The highest BCUT2D eigenvalue weighted by Crippen LogP contribution is 2.25. The van der Waals surface area contributed by atoms with Gasteiger partial charge in [0, 0.05) is 32.3 Å². The monoisotopic (exact) mass is 303 g/mol. The fourth-order valence-electron chi connectivity index (χ4n) is 2.46. The first kappa shape index (κ1) is 16.0. The van der Waals surface area contributed by atoms with Crippen LogP contribution in [-0.4, -0.2) is 36.3 Å². The van der Waals surface area contributed by atoms with E-state index in [9.17, 15) is 9.59 Å². The predicted molar refractivity (Wildman–Crippen MR) is 85.8 cm³/mol. The fourth-order valence-corrected chi connectivity index (χ4v) is 2.46. The van der Waals surface area contributed by atoms with Crippen LogP contribution in [0.4, 0.5) is 4.79 Å². The molecule has 0 radical (unpaired) electrons. The molecule has 2 amide bonds. The van der Waals surface area contributed by atoms with Crippen molar-refractivity contribution in [3.63, 3.8) is 0 Å². The molecule has 0 spiro atoms. The number of ether oxygens (including phenoxy) is 1. The molecular formula is C16H21N3O3. The van der Waals surface area contributed by atoms with Crippen molar-refractivity contribution >= 4 is 16.8 Å². The summed E-state index contributed by atoms with van der Waals surface area (Å²) in [6.07, 6.45) is 1.79. The van der Waals surface area contributed by atoms with Gasteiger partial charge in [0.25, 0.3) is 5.56 Å². The quantitative estimate of drug-likeness (QED) is 0.913. The molecular weight excluding hydrogens is 282 g/mol. The number of hydrogen-bond donors (Lipinski definition) is 1. The highest BCUT2D eigenvalue weighted by molar-refractivity contribution is 5.85. The third-order valence-electron chi connectivity index (χ3n) is 3.94. The molecule has 0 saturated carbocycles. The first-order valence-electron chi connectivity index (χ1n) is 7.10. The number of benzene rings is 1. The number of rotatable bonds is 5. The number of carbonyl (C=O) groups is 1. The van der Waals surface area contributed by atoms with Crippen molar-refractivity contribution in [3.8, 4) is 0 Å². The minimum Gasteiger partial charge on any atom is -0.383 e. The number of pyridine rings is 1. The first-order chi connectivity index (χ1) is 10.5. The number of hydrogen-bond acceptors (Lipinski definition) is 3. The second-order valence-corrected chi connectivity index (χ2v) is 5.25. The Hall–Kier alpha value is -2.34. The Balaban J connectivity index is 2.63. The van der Waals surface area contributed by atoms with Crippen LogP contribution >= 0.6 is 0 Å². The first-order valence-corrected chi connectivity index (χ1v) is 7.10. The number of primary amides is 1. The van der Waals surface area contributed by atoms with Crippen molar-refractivity contribution < 1.29 is 9.53 Å². The van der Waals surface area contributed by atoms with Gasteiger partial charge in [0.15, 0.2) is 0 Å². The zero-order chi connectivity index (χ0) is 16.3. The van der Waals surface area contributed by atoms with Gasteiger partial charge in [-0.3, -0.25) is 4.79 Å². The molecule has 22 heavy (non-hydrogen) atoms. The Kier molecular flexibility index (Phi) is 4.82. The van der Waals surface area contributed by atoms with Crippen molar-refractivity contribution in [1.29, 1.82) is 0 Å². The van der Waals surface area contributed by atoms with Gasteiger partial charge in [0.2, 0.25) is 0 Å². The van der Waals surface area contributed by atoms with Crippen LogP contribution in [0.3, 0.4) is 0 Å². The van der Waals surface area contributed by atoms with Crippen molar-refractivity contribution in [2.24, 2.45) is 5.73 Å². The maximum Gasteiger partial charge on any atom is 0.315 e. The summed E-state index contributed by atoms with van der Waals surface area (Å²) in [5.74, 6) is 0. The third kappa shape index (κ3) is 2.96. The van der Waals surface area contributed by atoms with E-state index in [0.717, 1.165) is 10.9 Å². The van der Waals surface area contributed by atoms with E-state index in [1.165, 1.54) is 4.90 Å². The number of nitrogens with two attached hydrogens (primary N) is 1. The molecule has 2 N–H and O–H groups in total. The lowest BCUT2D eigenvalue weighted by molar-refractivity contribution is 0.186. The standard InChI is InChI=1S/C16H21N3O3/c1-11(18(2)16(17)21)14-10-19(8-9-22-3)15(20)13-7-5-4-6-12(13)14/h4-7,10-11H,8-9H2,1-3H3,(H2,17,21). The number of aromatic nitrogens is 1. The van der Waals surface area contributed by atoms with E-state index in [1.54, 1.807) is 31.0 Å². The molecule has 0 bridgehead atoms. The minimum absolute atomic E-state index is 0.0645. The summed E-state index contributed by atoms with van der Waals surface area (Å²) in [6, 6.07) is 6.64. The van der Waals surface area contributed by atoms with Crippen LogP contribution in [0.15, 0.2) is 35.3 Å². The number of amides is 2. The van der Waals surface area contributed by atoms with Gasteiger partial charge in [-0.2, -0.15) is 0 Å². The summed E-state index contributed by atoms with van der Waals surface area (Å²) >= 11 is 0. The molecule has 1 atom stereocenters. The number of carbonyl (C=O) groups excluding carboxylic acids is 1. The van der Waals surface area contributed by atoms with Gasteiger partial charge >= 0.3 is 6.03 Å². The van der Waals surface area contributed by atoms with Crippen LogP contribution in [0.2, 0.25) is 0 Å². The third-order valence-corrected chi connectivity index (χ3v) is 3.94. The van der Waals surface area contributed by atoms with Crippen molar-refractivity contribution in [1.82, 2.24) is 9.47 Å². The van der Waals surface area contributed by atoms with E-state index in [-0.39, 0.29) is 11.6 Å². The highest BCUT2D eigenvalue weighted by Gasteiger charge is 2.19. The highest BCUT2D eigenvalue weighted by atomic mass is 16.5. The lowest BCUT2D eigenvalue weighted by atomic mass is 10.0. The molecule has 2 aromatic rings. The molecule has 6 nitrogen and oxygen atoms in total. The van der Waals surface area contributed by atoms with Crippen LogP contribution in [0, 0.1) is 0 Å². The Labute approximate surface area is 129 Å². The average molecular weight is 303 g/mol. The molecule has 1 aromatic heterocycles. The van der Waals surface area contributed by atoms with Crippen LogP contribution in [0.1, 0.15) is 18.5 Å². The summed E-state index contributed by atoms with van der Waals surface area (Å²) in [7, 11) is 3.24. The molecule has 2 rings (SSSR count). The van der Waals surface area contributed by atoms with Gasteiger partial charge in [-0.05, 0) is 23.9 Å². The van der Waals surface area contributed by atoms with Crippen LogP contribution in [-0.2, 0) is 11.3 Å².